The molecule has 0 spiro atoms. The van der Waals surface area contributed by atoms with E-state index in [1.165, 1.54) is 24.9 Å². The fourth-order valence-corrected chi connectivity index (χ4v) is 4.40. The fourth-order valence-electron chi connectivity index (χ4n) is 3.57. The summed E-state index contributed by atoms with van der Waals surface area (Å²) in [5.41, 5.74) is 0.905. The third kappa shape index (κ3) is 4.99. The molecular formula is C22H25FN2O4S. The van der Waals surface area contributed by atoms with Crippen LogP contribution in [-0.4, -0.2) is 68.0 Å². The van der Waals surface area contributed by atoms with Crippen LogP contribution in [0.4, 0.5) is 4.39 Å². The van der Waals surface area contributed by atoms with Crippen LogP contribution in [0.2, 0.25) is 0 Å². The number of ether oxygens (including phenoxy) is 3. The molecule has 160 valence electrons. The minimum atomic E-state index is -0.347. The van der Waals surface area contributed by atoms with Crippen molar-refractivity contribution < 1.29 is 23.4 Å². The van der Waals surface area contributed by atoms with Gasteiger partial charge in [0, 0.05) is 37.6 Å². The Morgan fingerprint density at radius 1 is 1.07 bits per heavy atom. The van der Waals surface area contributed by atoms with Crippen LogP contribution in [0.1, 0.15) is 5.56 Å². The van der Waals surface area contributed by atoms with Crippen molar-refractivity contribution in [2.24, 2.45) is 0 Å². The highest BCUT2D eigenvalue weighted by molar-refractivity contribution is 8.00. The van der Waals surface area contributed by atoms with Crippen LogP contribution >= 0.6 is 11.8 Å². The molecule has 2 aromatic rings. The Hall–Kier alpha value is -2.45. The van der Waals surface area contributed by atoms with E-state index >= 15 is 0 Å². The molecule has 0 unspecified atom stereocenters. The molecule has 2 aliphatic rings. The van der Waals surface area contributed by atoms with Gasteiger partial charge in [-0.25, -0.2) is 4.39 Å². The third-order valence-corrected chi connectivity index (χ3v) is 6.20. The van der Waals surface area contributed by atoms with Gasteiger partial charge >= 0.3 is 0 Å². The molecule has 1 amide bonds. The van der Waals surface area contributed by atoms with E-state index in [-0.39, 0.29) is 17.5 Å². The number of methoxy groups -OCH3 is 1. The molecule has 0 saturated carbocycles. The van der Waals surface area contributed by atoms with Crippen molar-refractivity contribution in [3.63, 3.8) is 0 Å². The van der Waals surface area contributed by atoms with Crippen LogP contribution in [0, 0.1) is 5.82 Å². The van der Waals surface area contributed by atoms with Crippen LogP contribution < -0.4 is 14.2 Å². The summed E-state index contributed by atoms with van der Waals surface area (Å²) in [6.07, 6.45) is 0. The summed E-state index contributed by atoms with van der Waals surface area (Å²) in [6, 6.07) is 10.8. The highest BCUT2D eigenvalue weighted by Crippen LogP contribution is 2.34. The molecule has 2 aromatic carbocycles. The first kappa shape index (κ1) is 20.8. The lowest BCUT2D eigenvalue weighted by atomic mass is 10.2. The Morgan fingerprint density at radius 2 is 1.83 bits per heavy atom. The summed E-state index contributed by atoms with van der Waals surface area (Å²) < 4.78 is 30.0. The Balaban J connectivity index is 1.24. The van der Waals surface area contributed by atoms with Gasteiger partial charge < -0.3 is 19.1 Å². The molecule has 0 aromatic heterocycles. The summed E-state index contributed by atoms with van der Waals surface area (Å²) >= 11 is 1.51. The number of hydrogen-bond acceptors (Lipinski definition) is 6. The van der Waals surface area contributed by atoms with Gasteiger partial charge in [-0.1, -0.05) is 6.07 Å². The largest absolute Gasteiger partial charge is 0.494 e. The first-order valence-electron chi connectivity index (χ1n) is 9.97. The predicted molar refractivity (Wildman–Crippen MR) is 113 cm³/mol. The molecule has 1 fully saturated rings. The number of rotatable bonds is 6. The summed E-state index contributed by atoms with van der Waals surface area (Å²) in [6.45, 7) is 4.68. The van der Waals surface area contributed by atoms with Crippen LogP contribution in [0.25, 0.3) is 0 Å². The molecule has 0 aliphatic carbocycles. The van der Waals surface area contributed by atoms with E-state index in [1.54, 1.807) is 6.07 Å². The second-order valence-electron chi connectivity index (χ2n) is 7.22. The Kier molecular flexibility index (Phi) is 6.64. The van der Waals surface area contributed by atoms with Gasteiger partial charge in [-0.15, -0.1) is 11.8 Å². The normalized spacial score (nSPS) is 16.4. The Bertz CT molecular complexity index is 903. The maximum absolute atomic E-state index is 13.9. The number of fused-ring (bicyclic) bond motifs is 1. The lowest BCUT2D eigenvalue weighted by Crippen LogP contribution is -2.48. The number of piperazine rings is 1. The van der Waals surface area contributed by atoms with E-state index in [0.29, 0.717) is 38.6 Å². The van der Waals surface area contributed by atoms with E-state index in [1.807, 2.05) is 29.2 Å². The summed E-state index contributed by atoms with van der Waals surface area (Å²) in [4.78, 5) is 17.7. The number of carbonyl (C=O) groups is 1. The summed E-state index contributed by atoms with van der Waals surface area (Å²) in [5.74, 6) is 1.92. The molecule has 0 bridgehead atoms. The van der Waals surface area contributed by atoms with Gasteiger partial charge in [0.25, 0.3) is 0 Å². The Morgan fingerprint density at radius 3 is 2.57 bits per heavy atom. The second kappa shape index (κ2) is 9.57. The average Bonchev–Trinajstić information content (AvgIpc) is 2.78. The summed E-state index contributed by atoms with van der Waals surface area (Å²) in [5, 5.41) is 0. The standard InChI is InChI=1S/C22H25FN2O4S/c1-27-19-4-2-16(12-18(19)23)14-24-6-8-25(9-7-24)22(26)15-30-17-3-5-20-21(13-17)29-11-10-28-20/h2-5,12-13H,6-11,14-15H2,1H3. The van der Waals surface area contributed by atoms with E-state index in [9.17, 15) is 9.18 Å². The molecule has 0 N–H and O–H groups in total. The fraction of sp³-hybridized carbons (Fsp3) is 0.409. The minimum absolute atomic E-state index is 0.130. The highest BCUT2D eigenvalue weighted by Gasteiger charge is 2.22. The Labute approximate surface area is 179 Å². The van der Waals surface area contributed by atoms with E-state index in [0.717, 1.165) is 35.0 Å². The molecule has 0 radical (unpaired) electrons. The van der Waals surface area contributed by atoms with Gasteiger partial charge in [-0.3, -0.25) is 9.69 Å². The number of benzene rings is 2. The van der Waals surface area contributed by atoms with Gasteiger partial charge in [-0.2, -0.15) is 0 Å². The average molecular weight is 433 g/mol. The first-order valence-corrected chi connectivity index (χ1v) is 11.0. The van der Waals surface area contributed by atoms with Gasteiger partial charge in [0.2, 0.25) is 5.91 Å². The monoisotopic (exact) mass is 432 g/mol. The van der Waals surface area contributed by atoms with Crippen molar-refractivity contribution in [1.29, 1.82) is 0 Å². The van der Waals surface area contributed by atoms with E-state index in [2.05, 4.69) is 4.90 Å². The molecule has 1 saturated heterocycles. The molecule has 8 heteroatoms. The van der Waals surface area contributed by atoms with Gasteiger partial charge in [-0.05, 0) is 35.9 Å². The van der Waals surface area contributed by atoms with Crippen LogP contribution in [0.5, 0.6) is 17.2 Å². The van der Waals surface area contributed by atoms with Crippen molar-refractivity contribution >= 4 is 17.7 Å². The SMILES string of the molecule is COc1ccc(CN2CCN(C(=O)CSc3ccc4c(c3)OCCO4)CC2)cc1F. The smallest absolute Gasteiger partial charge is 0.233 e. The van der Waals surface area contributed by atoms with Crippen molar-refractivity contribution in [3.8, 4) is 17.2 Å². The van der Waals surface area contributed by atoms with Crippen LogP contribution in [-0.2, 0) is 11.3 Å². The number of amides is 1. The zero-order valence-corrected chi connectivity index (χ0v) is 17.8. The van der Waals surface area contributed by atoms with Crippen molar-refractivity contribution in [1.82, 2.24) is 9.80 Å². The van der Waals surface area contributed by atoms with E-state index in [4.69, 9.17) is 14.2 Å². The second-order valence-corrected chi connectivity index (χ2v) is 8.27. The van der Waals surface area contributed by atoms with Gasteiger partial charge in [0.1, 0.15) is 13.2 Å². The zero-order valence-electron chi connectivity index (χ0n) is 16.9. The quantitative estimate of drug-likeness (QED) is 0.654. The van der Waals surface area contributed by atoms with Crippen molar-refractivity contribution in [2.45, 2.75) is 11.4 Å². The lowest BCUT2D eigenvalue weighted by molar-refractivity contribution is -0.130. The lowest BCUT2D eigenvalue weighted by Gasteiger charge is -2.34. The predicted octanol–water partition coefficient (Wildman–Crippen LogP) is 3.04. The number of nitrogens with zero attached hydrogens (tertiary/aromatic N) is 2. The molecule has 4 rings (SSSR count). The zero-order chi connectivity index (χ0) is 20.9. The molecule has 2 aliphatic heterocycles. The number of carbonyl (C=O) groups excluding carboxylic acids is 1. The number of thioether (sulfide) groups is 1. The van der Waals surface area contributed by atoms with Gasteiger partial charge in [0.05, 0.1) is 12.9 Å². The van der Waals surface area contributed by atoms with Gasteiger partial charge in [0.15, 0.2) is 23.1 Å². The molecule has 6 nitrogen and oxygen atoms in total. The molecule has 2 heterocycles. The minimum Gasteiger partial charge on any atom is -0.494 e. The molecule has 0 atom stereocenters. The number of halogens is 1. The first-order chi connectivity index (χ1) is 14.6. The van der Waals surface area contributed by atoms with E-state index < -0.39 is 0 Å². The van der Waals surface area contributed by atoms with Crippen molar-refractivity contribution in [2.75, 3.05) is 52.3 Å². The molecular weight excluding hydrogens is 407 g/mol. The van der Waals surface area contributed by atoms with Crippen molar-refractivity contribution in [3.05, 3.63) is 47.8 Å². The molecule has 30 heavy (non-hydrogen) atoms. The number of hydrogen-bond donors (Lipinski definition) is 0. The maximum atomic E-state index is 13.9. The van der Waals surface area contributed by atoms with Crippen LogP contribution in [0.15, 0.2) is 41.3 Å². The highest BCUT2D eigenvalue weighted by atomic mass is 32.2. The van der Waals surface area contributed by atoms with Crippen LogP contribution in [0.3, 0.4) is 0 Å². The third-order valence-electron chi connectivity index (χ3n) is 5.22. The topological polar surface area (TPSA) is 51.2 Å². The maximum Gasteiger partial charge on any atom is 0.233 e. The summed E-state index contributed by atoms with van der Waals surface area (Å²) in [7, 11) is 1.46.